The predicted molar refractivity (Wildman–Crippen MR) is 187 cm³/mol. The first-order valence-corrected chi connectivity index (χ1v) is 17.6. The monoisotopic (exact) mass is 658 g/mol. The third-order valence-corrected chi connectivity index (χ3v) is 7.89. The molecule has 2 heterocycles. The van der Waals surface area contributed by atoms with Gasteiger partial charge in [0.1, 0.15) is 5.82 Å². The van der Waals surface area contributed by atoms with Crippen molar-refractivity contribution >= 4 is 33.6 Å². The standard InChI is InChI=1S/C31H37FN4O5S.2C2H6.H2/c1-20(2)28-26(29(21-12-14-22(32)15-13-21)35-30(34-28)36(5)42(6,38)39)17-16-24-18-25(41-31(3,4)40-24)19-27(37)33-23-10-8-7-9-11-23;2*1-2;/h7-17,20,24-25H,18-19H2,1-6H3,(H,33,37);2*1-2H3;1H/b17-16+;;;/t24-,25-;;;/m1.../s1. The summed E-state index contributed by atoms with van der Waals surface area (Å²) in [7, 11) is -2.24. The third kappa shape index (κ3) is 11.0. The van der Waals surface area contributed by atoms with E-state index in [-0.39, 0.29) is 25.6 Å². The highest BCUT2D eigenvalue weighted by Crippen LogP contribution is 2.34. The van der Waals surface area contributed by atoms with Crippen LogP contribution in [0.3, 0.4) is 0 Å². The van der Waals surface area contributed by atoms with Crippen molar-refractivity contribution < 1.29 is 28.5 Å². The van der Waals surface area contributed by atoms with Gasteiger partial charge >= 0.3 is 0 Å². The van der Waals surface area contributed by atoms with Crippen LogP contribution >= 0.6 is 0 Å². The van der Waals surface area contributed by atoms with Gasteiger partial charge in [-0.1, -0.05) is 71.9 Å². The number of carbonyl (C=O) groups is 1. The summed E-state index contributed by atoms with van der Waals surface area (Å²) in [5, 5.41) is 2.90. The van der Waals surface area contributed by atoms with E-state index in [1.807, 2.05) is 84.0 Å². The van der Waals surface area contributed by atoms with Gasteiger partial charge in [0.15, 0.2) is 5.79 Å². The number of benzene rings is 2. The van der Waals surface area contributed by atoms with Crippen molar-refractivity contribution in [1.29, 1.82) is 0 Å². The number of halogens is 1. The number of hydrogen-bond acceptors (Lipinski definition) is 7. The molecule has 1 amide bonds. The van der Waals surface area contributed by atoms with E-state index >= 15 is 0 Å². The molecule has 1 aromatic heterocycles. The van der Waals surface area contributed by atoms with Crippen LogP contribution in [-0.2, 0) is 24.3 Å². The van der Waals surface area contributed by atoms with E-state index < -0.39 is 33.8 Å². The first-order valence-electron chi connectivity index (χ1n) is 15.7. The smallest absolute Gasteiger partial charge is 0.239 e. The normalized spacial score (nSPS) is 17.4. The Morgan fingerprint density at radius 3 is 2.24 bits per heavy atom. The Kier molecular flexibility index (Phi) is 14.5. The zero-order chi connectivity index (χ0) is 34.7. The summed E-state index contributed by atoms with van der Waals surface area (Å²) < 4.78 is 51.7. The lowest BCUT2D eigenvalue weighted by Gasteiger charge is -2.39. The molecule has 3 aromatic rings. The Labute approximate surface area is 275 Å². The van der Waals surface area contributed by atoms with Crippen LogP contribution in [0, 0.1) is 5.82 Å². The quantitative estimate of drug-likeness (QED) is 0.248. The molecule has 46 heavy (non-hydrogen) atoms. The summed E-state index contributed by atoms with van der Waals surface area (Å²) in [6.07, 6.45) is 4.60. The van der Waals surface area contributed by atoms with Gasteiger partial charge < -0.3 is 14.8 Å². The lowest BCUT2D eigenvalue weighted by molar-refractivity contribution is -0.289. The topological polar surface area (TPSA) is 111 Å². The van der Waals surface area contributed by atoms with Crippen molar-refractivity contribution in [2.24, 2.45) is 0 Å². The Hall–Kier alpha value is -3.67. The van der Waals surface area contributed by atoms with Crippen molar-refractivity contribution in [1.82, 2.24) is 9.97 Å². The number of para-hydroxylation sites is 1. The summed E-state index contributed by atoms with van der Waals surface area (Å²) in [4.78, 5) is 22.0. The molecule has 9 nitrogen and oxygen atoms in total. The molecule has 4 rings (SSSR count). The molecule has 0 bridgehead atoms. The maximum atomic E-state index is 13.8. The molecule has 0 aliphatic carbocycles. The van der Waals surface area contributed by atoms with E-state index in [9.17, 15) is 17.6 Å². The summed E-state index contributed by atoms with van der Waals surface area (Å²) >= 11 is 0. The van der Waals surface area contributed by atoms with E-state index in [1.165, 1.54) is 19.2 Å². The van der Waals surface area contributed by atoms with Gasteiger partial charge in [0.05, 0.1) is 36.3 Å². The second-order valence-corrected chi connectivity index (χ2v) is 13.1. The highest BCUT2D eigenvalue weighted by molar-refractivity contribution is 7.92. The first-order chi connectivity index (χ1) is 21.7. The van der Waals surface area contributed by atoms with E-state index in [0.717, 1.165) is 10.6 Å². The van der Waals surface area contributed by atoms with E-state index in [0.29, 0.717) is 34.6 Å². The minimum Gasteiger partial charge on any atom is -0.347 e. The highest BCUT2D eigenvalue weighted by Gasteiger charge is 2.35. The molecule has 2 aromatic carbocycles. The van der Waals surface area contributed by atoms with Crippen LogP contribution in [0.5, 0.6) is 0 Å². The summed E-state index contributed by atoms with van der Waals surface area (Å²) in [6, 6.07) is 15.1. The molecule has 0 spiro atoms. The lowest BCUT2D eigenvalue weighted by atomic mass is 9.97. The molecule has 0 saturated carbocycles. The summed E-state index contributed by atoms with van der Waals surface area (Å²) in [5.41, 5.74) is 3.06. The average molecular weight is 659 g/mol. The van der Waals surface area contributed by atoms with Gasteiger partial charge in [-0.2, -0.15) is 0 Å². The van der Waals surface area contributed by atoms with Crippen molar-refractivity contribution in [3.63, 3.8) is 0 Å². The zero-order valence-electron chi connectivity index (χ0n) is 28.7. The Balaban J connectivity index is 0.00000213. The SMILES string of the molecule is CC.CC.CC(C)c1nc(N(C)S(C)(=O)=O)nc(-c2ccc(F)cc2)c1/C=C/[C@@H]1C[C@H](CC(=O)Nc2ccccc2)OC(C)(C)O1.[HH]. The number of nitrogens with zero attached hydrogens (tertiary/aromatic N) is 3. The second kappa shape index (κ2) is 17.3. The second-order valence-electron chi connectivity index (χ2n) is 11.1. The number of aromatic nitrogens is 2. The molecule has 1 N–H and O–H groups in total. The largest absolute Gasteiger partial charge is 0.347 e. The van der Waals surface area contributed by atoms with Crippen LogP contribution in [0.25, 0.3) is 17.3 Å². The van der Waals surface area contributed by atoms with E-state index in [1.54, 1.807) is 26.0 Å². The maximum Gasteiger partial charge on any atom is 0.239 e. The van der Waals surface area contributed by atoms with Gasteiger partial charge in [-0.05, 0) is 56.2 Å². The molecule has 1 saturated heterocycles. The molecule has 0 radical (unpaired) electrons. The molecule has 0 unspecified atom stereocenters. The summed E-state index contributed by atoms with van der Waals surface area (Å²) in [6.45, 7) is 15.5. The molecule has 11 heteroatoms. The Morgan fingerprint density at radius 1 is 1.07 bits per heavy atom. The first kappa shape index (κ1) is 38.5. The van der Waals surface area contributed by atoms with Gasteiger partial charge in [-0.15, -0.1) is 0 Å². The number of hydrogen-bond donors (Lipinski definition) is 1. The fourth-order valence-corrected chi connectivity index (χ4v) is 5.11. The molecule has 1 aliphatic rings. The van der Waals surface area contributed by atoms with Gasteiger partial charge in [0, 0.05) is 31.7 Å². The van der Waals surface area contributed by atoms with Crippen LogP contribution in [0.4, 0.5) is 16.0 Å². The predicted octanol–water partition coefficient (Wildman–Crippen LogP) is 8.05. The number of nitrogens with one attached hydrogen (secondary N) is 1. The molecular formula is C35H51FN4O5S. The zero-order valence-corrected chi connectivity index (χ0v) is 29.5. The number of ether oxygens (including phenoxy) is 2. The van der Waals surface area contributed by atoms with Crippen LogP contribution < -0.4 is 9.62 Å². The van der Waals surface area contributed by atoms with Crippen LogP contribution in [-0.4, -0.2) is 55.6 Å². The third-order valence-electron chi connectivity index (χ3n) is 6.74. The maximum absolute atomic E-state index is 13.8. The fraction of sp³-hybridized carbons (Fsp3) is 0.457. The molecule has 1 fully saturated rings. The number of amides is 1. The Morgan fingerprint density at radius 2 is 1.67 bits per heavy atom. The van der Waals surface area contributed by atoms with Crippen molar-refractivity contribution in [2.75, 3.05) is 22.9 Å². The Bertz CT molecular complexity index is 1550. The van der Waals surface area contributed by atoms with Crippen molar-refractivity contribution in [3.05, 3.63) is 77.7 Å². The number of rotatable bonds is 9. The van der Waals surface area contributed by atoms with Gasteiger partial charge in [0.25, 0.3) is 0 Å². The minimum atomic E-state index is -3.63. The number of sulfonamides is 1. The highest BCUT2D eigenvalue weighted by atomic mass is 32.2. The fourth-order valence-electron chi connectivity index (χ4n) is 4.73. The van der Waals surface area contributed by atoms with Crippen LogP contribution in [0.2, 0.25) is 0 Å². The van der Waals surface area contributed by atoms with Crippen molar-refractivity contribution in [2.45, 2.75) is 92.1 Å². The van der Waals surface area contributed by atoms with Crippen molar-refractivity contribution in [3.8, 4) is 11.3 Å². The molecule has 254 valence electrons. The average Bonchev–Trinajstić information content (AvgIpc) is 3.01. The lowest BCUT2D eigenvalue weighted by Crippen LogP contribution is -2.45. The van der Waals surface area contributed by atoms with E-state index in [4.69, 9.17) is 9.47 Å². The van der Waals surface area contributed by atoms with E-state index in [2.05, 4.69) is 15.3 Å². The molecule has 1 aliphatic heterocycles. The summed E-state index contributed by atoms with van der Waals surface area (Å²) in [5.74, 6) is -1.58. The van der Waals surface area contributed by atoms with Crippen LogP contribution in [0.1, 0.15) is 86.8 Å². The number of carbonyl (C=O) groups excluding carboxylic acids is 1. The van der Waals surface area contributed by atoms with Gasteiger partial charge in [-0.3, -0.25) is 4.79 Å². The van der Waals surface area contributed by atoms with Gasteiger partial charge in [-0.25, -0.2) is 27.1 Å². The molecule has 2 atom stereocenters. The minimum absolute atomic E-state index is 0. The van der Waals surface area contributed by atoms with Crippen LogP contribution in [0.15, 0.2) is 60.7 Å². The van der Waals surface area contributed by atoms with Gasteiger partial charge in [0.2, 0.25) is 21.9 Å². The molecular weight excluding hydrogens is 607 g/mol. The number of anilines is 2.